The maximum Gasteiger partial charge on any atom is 0.273 e. The van der Waals surface area contributed by atoms with Gasteiger partial charge in [0.2, 0.25) is 0 Å². The van der Waals surface area contributed by atoms with Gasteiger partial charge in [-0.25, -0.2) is 4.98 Å². The Labute approximate surface area is 142 Å². The number of rotatable bonds is 5. The molecule has 1 aromatic rings. The lowest BCUT2D eigenvalue weighted by Crippen LogP contribution is -2.51. The molecule has 0 radical (unpaired) electrons. The highest BCUT2D eigenvalue weighted by atomic mass is 32.1. The molecule has 0 aliphatic carbocycles. The zero-order chi connectivity index (χ0) is 16.1. The van der Waals surface area contributed by atoms with Gasteiger partial charge < -0.3 is 9.64 Å². The number of morpholine rings is 1. The van der Waals surface area contributed by atoms with Crippen molar-refractivity contribution in [1.82, 2.24) is 14.8 Å². The summed E-state index contributed by atoms with van der Waals surface area (Å²) in [4.78, 5) is 22.0. The van der Waals surface area contributed by atoms with Crippen LogP contribution in [0.5, 0.6) is 0 Å². The molecule has 0 aromatic carbocycles. The van der Waals surface area contributed by atoms with E-state index in [-0.39, 0.29) is 5.91 Å². The second-order valence-corrected chi connectivity index (χ2v) is 7.38. The smallest absolute Gasteiger partial charge is 0.273 e. The fraction of sp³-hybridized carbons (Fsp3) is 0.765. The molecule has 0 spiro atoms. The minimum absolute atomic E-state index is 0.126. The monoisotopic (exact) mass is 337 g/mol. The number of thiazole rings is 1. The van der Waals surface area contributed by atoms with Gasteiger partial charge in [-0.15, -0.1) is 11.3 Å². The SMILES string of the molecule is CCCc1nc(C(=O)N2CCCCC2CN2CCOCC2)cs1. The molecule has 128 valence electrons. The van der Waals surface area contributed by atoms with E-state index in [0.717, 1.165) is 70.1 Å². The van der Waals surface area contributed by atoms with E-state index in [4.69, 9.17) is 4.74 Å². The Morgan fingerprint density at radius 2 is 2.17 bits per heavy atom. The van der Waals surface area contributed by atoms with Crippen molar-refractivity contribution < 1.29 is 9.53 Å². The van der Waals surface area contributed by atoms with E-state index in [1.54, 1.807) is 11.3 Å². The van der Waals surface area contributed by atoms with Crippen molar-refractivity contribution in [2.75, 3.05) is 39.4 Å². The fourth-order valence-electron chi connectivity index (χ4n) is 3.42. The lowest BCUT2D eigenvalue weighted by molar-refractivity contribution is 0.0165. The Hall–Kier alpha value is -0.980. The third-order valence-electron chi connectivity index (χ3n) is 4.70. The Kier molecular flexibility index (Phi) is 6.02. The molecule has 0 N–H and O–H groups in total. The van der Waals surface area contributed by atoms with Crippen LogP contribution < -0.4 is 0 Å². The van der Waals surface area contributed by atoms with Gasteiger partial charge >= 0.3 is 0 Å². The van der Waals surface area contributed by atoms with E-state index in [1.165, 1.54) is 6.42 Å². The predicted octanol–water partition coefficient (Wildman–Crippen LogP) is 2.42. The number of hydrogen-bond donors (Lipinski definition) is 0. The van der Waals surface area contributed by atoms with Crippen molar-refractivity contribution in [3.8, 4) is 0 Å². The normalized spacial score (nSPS) is 23.2. The molecule has 0 saturated carbocycles. The van der Waals surface area contributed by atoms with Gasteiger partial charge in [-0.2, -0.15) is 0 Å². The Balaban J connectivity index is 1.65. The number of nitrogens with zero attached hydrogens (tertiary/aromatic N) is 3. The molecule has 6 heteroatoms. The van der Waals surface area contributed by atoms with Gasteiger partial charge in [0.1, 0.15) is 5.69 Å². The van der Waals surface area contributed by atoms with Crippen molar-refractivity contribution >= 4 is 17.2 Å². The van der Waals surface area contributed by atoms with Gasteiger partial charge in [0.15, 0.2) is 0 Å². The summed E-state index contributed by atoms with van der Waals surface area (Å²) in [6.07, 6.45) is 5.48. The Morgan fingerprint density at radius 1 is 1.35 bits per heavy atom. The van der Waals surface area contributed by atoms with Gasteiger partial charge in [-0.3, -0.25) is 9.69 Å². The largest absolute Gasteiger partial charge is 0.379 e. The van der Waals surface area contributed by atoms with Crippen LogP contribution in [0.1, 0.15) is 48.1 Å². The summed E-state index contributed by atoms with van der Waals surface area (Å²) in [5, 5.41) is 3.02. The van der Waals surface area contributed by atoms with Crippen molar-refractivity contribution in [2.24, 2.45) is 0 Å². The van der Waals surface area contributed by atoms with Crippen LogP contribution in [0.4, 0.5) is 0 Å². The molecule has 2 aliphatic heterocycles. The molecular weight excluding hydrogens is 310 g/mol. The third-order valence-corrected chi connectivity index (χ3v) is 5.60. The molecule has 2 fully saturated rings. The molecule has 3 rings (SSSR count). The van der Waals surface area contributed by atoms with Crippen molar-refractivity contribution in [2.45, 2.75) is 45.1 Å². The summed E-state index contributed by atoms with van der Waals surface area (Å²) >= 11 is 1.62. The first-order chi connectivity index (χ1) is 11.3. The van der Waals surface area contributed by atoms with E-state index in [2.05, 4.69) is 21.7 Å². The zero-order valence-electron chi connectivity index (χ0n) is 14.0. The summed E-state index contributed by atoms with van der Waals surface area (Å²) in [7, 11) is 0. The number of carbonyl (C=O) groups is 1. The number of carbonyl (C=O) groups excluding carboxylic acids is 1. The highest BCUT2D eigenvalue weighted by molar-refractivity contribution is 7.09. The second-order valence-electron chi connectivity index (χ2n) is 6.44. The van der Waals surface area contributed by atoms with E-state index >= 15 is 0 Å². The quantitative estimate of drug-likeness (QED) is 0.828. The highest BCUT2D eigenvalue weighted by Crippen LogP contribution is 2.22. The number of amides is 1. The molecule has 2 saturated heterocycles. The number of aryl methyl sites for hydroxylation is 1. The molecule has 1 unspecified atom stereocenters. The Bertz CT molecular complexity index is 514. The number of likely N-dealkylation sites (tertiary alicyclic amines) is 1. The first kappa shape index (κ1) is 16.9. The number of aromatic nitrogens is 1. The van der Waals surface area contributed by atoms with Crippen LogP contribution in [-0.2, 0) is 11.2 Å². The van der Waals surface area contributed by atoms with Crippen LogP contribution in [0.3, 0.4) is 0 Å². The van der Waals surface area contributed by atoms with Crippen LogP contribution in [-0.4, -0.2) is 66.1 Å². The number of ether oxygens (including phenoxy) is 1. The van der Waals surface area contributed by atoms with Crippen molar-refractivity contribution in [1.29, 1.82) is 0 Å². The zero-order valence-corrected chi connectivity index (χ0v) is 14.8. The summed E-state index contributed by atoms with van der Waals surface area (Å²) in [5.74, 6) is 0.126. The van der Waals surface area contributed by atoms with Gasteiger partial charge in [-0.05, 0) is 32.1 Å². The molecule has 23 heavy (non-hydrogen) atoms. The summed E-state index contributed by atoms with van der Waals surface area (Å²) in [6, 6.07) is 0.325. The predicted molar refractivity (Wildman–Crippen MR) is 92.0 cm³/mol. The number of piperidine rings is 1. The minimum atomic E-state index is 0.126. The van der Waals surface area contributed by atoms with Crippen LogP contribution >= 0.6 is 11.3 Å². The maximum atomic E-state index is 12.9. The van der Waals surface area contributed by atoms with E-state index < -0.39 is 0 Å². The molecule has 5 nitrogen and oxygen atoms in total. The van der Waals surface area contributed by atoms with E-state index in [0.29, 0.717) is 11.7 Å². The average Bonchev–Trinajstić information content (AvgIpc) is 3.05. The van der Waals surface area contributed by atoms with Crippen molar-refractivity contribution in [3.05, 3.63) is 16.1 Å². The van der Waals surface area contributed by atoms with E-state index in [1.807, 2.05) is 5.38 Å². The standard InChI is InChI=1S/C17H27N3O2S/c1-2-5-16-18-15(13-23-16)17(21)20-7-4-3-6-14(20)12-19-8-10-22-11-9-19/h13-14H,2-12H2,1H3. The van der Waals surface area contributed by atoms with Gasteiger partial charge in [0.25, 0.3) is 5.91 Å². The number of hydrogen-bond acceptors (Lipinski definition) is 5. The molecule has 0 bridgehead atoms. The van der Waals surface area contributed by atoms with Gasteiger partial charge in [0, 0.05) is 37.6 Å². The van der Waals surface area contributed by atoms with E-state index in [9.17, 15) is 4.79 Å². The molecule has 3 heterocycles. The third kappa shape index (κ3) is 4.31. The molecule has 1 amide bonds. The summed E-state index contributed by atoms with van der Waals surface area (Å²) in [5.41, 5.74) is 0.646. The summed E-state index contributed by atoms with van der Waals surface area (Å²) in [6.45, 7) is 7.58. The van der Waals surface area contributed by atoms with Crippen LogP contribution in [0, 0.1) is 0 Å². The average molecular weight is 337 g/mol. The first-order valence-corrected chi connectivity index (χ1v) is 9.71. The first-order valence-electron chi connectivity index (χ1n) is 8.83. The highest BCUT2D eigenvalue weighted by Gasteiger charge is 2.30. The topological polar surface area (TPSA) is 45.7 Å². The van der Waals surface area contributed by atoms with Crippen LogP contribution in [0.15, 0.2) is 5.38 Å². The van der Waals surface area contributed by atoms with Crippen LogP contribution in [0.2, 0.25) is 0 Å². The minimum Gasteiger partial charge on any atom is -0.379 e. The van der Waals surface area contributed by atoms with Gasteiger partial charge in [-0.1, -0.05) is 6.92 Å². The maximum absolute atomic E-state index is 12.9. The Morgan fingerprint density at radius 3 is 2.96 bits per heavy atom. The van der Waals surface area contributed by atoms with Crippen LogP contribution in [0.25, 0.3) is 0 Å². The lowest BCUT2D eigenvalue weighted by atomic mass is 10.0. The fourth-order valence-corrected chi connectivity index (χ4v) is 4.30. The second kappa shape index (κ2) is 8.22. The molecular formula is C17H27N3O2S. The van der Waals surface area contributed by atoms with Gasteiger partial charge in [0.05, 0.1) is 18.2 Å². The molecule has 1 aromatic heterocycles. The molecule has 2 aliphatic rings. The van der Waals surface area contributed by atoms with Crippen molar-refractivity contribution in [3.63, 3.8) is 0 Å². The summed E-state index contributed by atoms with van der Waals surface area (Å²) < 4.78 is 5.43. The molecule has 1 atom stereocenters. The lowest BCUT2D eigenvalue weighted by Gasteiger charge is -2.39.